The number of nitrogens with one attached hydrogen (secondary N) is 1. The summed E-state index contributed by atoms with van der Waals surface area (Å²) >= 11 is 0. The fraction of sp³-hybridized carbons (Fsp3) is 0.625. The number of ether oxygens (including phenoxy) is 1. The molecular weight excluding hydrogens is 222 g/mol. The highest BCUT2D eigenvalue weighted by Crippen LogP contribution is 2.18. The average molecular weight is 249 g/mol. The van der Waals surface area contributed by atoms with Crippen LogP contribution in [0, 0.1) is 13.8 Å². The van der Waals surface area contributed by atoms with Crippen molar-refractivity contribution in [3.63, 3.8) is 0 Å². The van der Waals surface area contributed by atoms with Crippen molar-refractivity contribution in [1.29, 1.82) is 0 Å². The van der Waals surface area contributed by atoms with Gasteiger partial charge in [0.2, 0.25) is 0 Å². The molecule has 0 spiro atoms. The monoisotopic (exact) mass is 249 g/mol. The van der Waals surface area contributed by atoms with Gasteiger partial charge in [0, 0.05) is 19.2 Å². The Labute approximate surface area is 112 Å². The van der Waals surface area contributed by atoms with Gasteiger partial charge in [0.25, 0.3) is 0 Å². The maximum atomic E-state index is 5.55. The molecular formula is C16H27NO. The van der Waals surface area contributed by atoms with Crippen LogP contribution in [0.3, 0.4) is 0 Å². The zero-order valence-corrected chi connectivity index (χ0v) is 12.3. The Morgan fingerprint density at radius 2 is 2.00 bits per heavy atom. The van der Waals surface area contributed by atoms with Gasteiger partial charge in [-0.3, -0.25) is 0 Å². The van der Waals surface area contributed by atoms with Crippen LogP contribution in [0.15, 0.2) is 18.2 Å². The number of aryl methyl sites for hydroxylation is 2. The predicted octanol–water partition coefficient (Wildman–Crippen LogP) is 3.77. The summed E-state index contributed by atoms with van der Waals surface area (Å²) in [6.45, 7) is 11.3. The lowest BCUT2D eigenvalue weighted by Crippen LogP contribution is -2.24. The van der Waals surface area contributed by atoms with E-state index < -0.39 is 0 Å². The quantitative estimate of drug-likeness (QED) is 0.708. The van der Waals surface area contributed by atoms with Gasteiger partial charge in [-0.25, -0.2) is 0 Å². The Bertz CT molecular complexity index is 349. The highest BCUT2D eigenvalue weighted by molar-refractivity contribution is 5.32. The third-order valence-electron chi connectivity index (χ3n) is 3.23. The van der Waals surface area contributed by atoms with Gasteiger partial charge in [-0.2, -0.15) is 0 Å². The van der Waals surface area contributed by atoms with Crippen LogP contribution in [0.1, 0.15) is 49.4 Å². The first-order chi connectivity index (χ1) is 8.65. The van der Waals surface area contributed by atoms with E-state index in [4.69, 9.17) is 4.74 Å². The highest BCUT2D eigenvalue weighted by atomic mass is 16.5. The summed E-state index contributed by atoms with van der Waals surface area (Å²) in [6, 6.07) is 7.03. The van der Waals surface area contributed by atoms with Crippen molar-refractivity contribution < 1.29 is 4.74 Å². The van der Waals surface area contributed by atoms with E-state index >= 15 is 0 Å². The van der Waals surface area contributed by atoms with E-state index in [1.165, 1.54) is 23.1 Å². The molecule has 1 rings (SSSR count). The molecule has 0 saturated heterocycles. The molecule has 0 heterocycles. The molecule has 0 bridgehead atoms. The van der Waals surface area contributed by atoms with E-state index in [-0.39, 0.29) is 0 Å². The Morgan fingerprint density at radius 1 is 1.22 bits per heavy atom. The van der Waals surface area contributed by atoms with Crippen molar-refractivity contribution in [3.8, 4) is 0 Å². The SMILES string of the molecule is CCCCOCCNC(C)c1ccc(C)cc1C. The molecule has 0 aromatic heterocycles. The van der Waals surface area contributed by atoms with Gasteiger partial charge in [-0.15, -0.1) is 0 Å². The Kier molecular flexibility index (Phi) is 6.99. The number of rotatable bonds is 8. The van der Waals surface area contributed by atoms with Crippen molar-refractivity contribution in [2.24, 2.45) is 0 Å². The molecule has 2 heteroatoms. The summed E-state index contributed by atoms with van der Waals surface area (Å²) in [7, 11) is 0. The molecule has 2 nitrogen and oxygen atoms in total. The van der Waals surface area contributed by atoms with Crippen molar-refractivity contribution in [1.82, 2.24) is 5.32 Å². The van der Waals surface area contributed by atoms with Crippen LogP contribution in [0.2, 0.25) is 0 Å². The van der Waals surface area contributed by atoms with E-state index in [2.05, 4.69) is 51.2 Å². The summed E-state index contributed by atoms with van der Waals surface area (Å²) < 4.78 is 5.55. The van der Waals surface area contributed by atoms with E-state index in [9.17, 15) is 0 Å². The predicted molar refractivity (Wildman–Crippen MR) is 78.1 cm³/mol. The van der Waals surface area contributed by atoms with Gasteiger partial charge >= 0.3 is 0 Å². The highest BCUT2D eigenvalue weighted by Gasteiger charge is 2.07. The first-order valence-corrected chi connectivity index (χ1v) is 7.03. The second-order valence-electron chi connectivity index (χ2n) is 5.00. The number of hydrogen-bond acceptors (Lipinski definition) is 2. The van der Waals surface area contributed by atoms with E-state index in [1.54, 1.807) is 0 Å². The van der Waals surface area contributed by atoms with Crippen LogP contribution >= 0.6 is 0 Å². The lowest BCUT2D eigenvalue weighted by Gasteiger charge is -2.17. The molecule has 18 heavy (non-hydrogen) atoms. The number of unbranched alkanes of at least 4 members (excludes halogenated alkanes) is 1. The first-order valence-electron chi connectivity index (χ1n) is 7.03. The van der Waals surface area contributed by atoms with E-state index in [0.29, 0.717) is 6.04 Å². The summed E-state index contributed by atoms with van der Waals surface area (Å²) in [6.07, 6.45) is 2.36. The maximum absolute atomic E-state index is 5.55. The first kappa shape index (κ1) is 15.2. The second kappa shape index (κ2) is 8.28. The van der Waals surface area contributed by atoms with Crippen LogP contribution in [0.5, 0.6) is 0 Å². The van der Waals surface area contributed by atoms with E-state index in [1.807, 2.05) is 0 Å². The zero-order valence-electron chi connectivity index (χ0n) is 12.3. The van der Waals surface area contributed by atoms with Crippen LogP contribution < -0.4 is 5.32 Å². The molecule has 0 amide bonds. The van der Waals surface area contributed by atoms with E-state index in [0.717, 1.165) is 26.2 Å². The molecule has 102 valence electrons. The average Bonchev–Trinajstić information content (AvgIpc) is 2.33. The van der Waals surface area contributed by atoms with Crippen LogP contribution in [0.4, 0.5) is 0 Å². The van der Waals surface area contributed by atoms with Gasteiger partial charge in [0.15, 0.2) is 0 Å². The lowest BCUT2D eigenvalue weighted by atomic mass is 10.0. The molecule has 0 aliphatic rings. The summed E-state index contributed by atoms with van der Waals surface area (Å²) in [5.74, 6) is 0. The molecule has 0 radical (unpaired) electrons. The second-order valence-corrected chi connectivity index (χ2v) is 5.00. The number of benzene rings is 1. The molecule has 1 aromatic carbocycles. The summed E-state index contributed by atoms with van der Waals surface area (Å²) in [5.41, 5.74) is 4.07. The third-order valence-corrected chi connectivity index (χ3v) is 3.23. The van der Waals surface area contributed by atoms with Crippen molar-refractivity contribution >= 4 is 0 Å². The lowest BCUT2D eigenvalue weighted by molar-refractivity contribution is 0.131. The minimum atomic E-state index is 0.389. The molecule has 0 fully saturated rings. The molecule has 1 N–H and O–H groups in total. The number of hydrogen-bond donors (Lipinski definition) is 1. The van der Waals surface area contributed by atoms with Gasteiger partial charge in [-0.05, 0) is 38.3 Å². The largest absolute Gasteiger partial charge is 0.380 e. The molecule has 1 aromatic rings. The van der Waals surface area contributed by atoms with Gasteiger partial charge < -0.3 is 10.1 Å². The third kappa shape index (κ3) is 5.19. The fourth-order valence-corrected chi connectivity index (χ4v) is 2.12. The summed E-state index contributed by atoms with van der Waals surface area (Å²) in [4.78, 5) is 0. The maximum Gasteiger partial charge on any atom is 0.0591 e. The zero-order chi connectivity index (χ0) is 13.4. The van der Waals surface area contributed by atoms with Crippen molar-refractivity contribution in [3.05, 3.63) is 34.9 Å². The molecule has 0 saturated carbocycles. The van der Waals surface area contributed by atoms with Crippen LogP contribution in [-0.4, -0.2) is 19.8 Å². The van der Waals surface area contributed by atoms with Gasteiger partial charge in [-0.1, -0.05) is 37.1 Å². The summed E-state index contributed by atoms with van der Waals surface area (Å²) in [5, 5.41) is 3.51. The normalized spacial score (nSPS) is 12.7. The smallest absolute Gasteiger partial charge is 0.0591 e. The topological polar surface area (TPSA) is 21.3 Å². The van der Waals surface area contributed by atoms with Gasteiger partial charge in [0.05, 0.1) is 6.61 Å². The minimum Gasteiger partial charge on any atom is -0.380 e. The standard InChI is InChI=1S/C16H27NO/c1-5-6-10-18-11-9-17-15(4)16-8-7-13(2)12-14(16)3/h7-8,12,15,17H,5-6,9-11H2,1-4H3. The molecule has 0 aliphatic carbocycles. The van der Waals surface area contributed by atoms with Gasteiger partial charge in [0.1, 0.15) is 0 Å². The minimum absolute atomic E-state index is 0.389. The molecule has 0 aliphatic heterocycles. The Hall–Kier alpha value is -0.860. The fourth-order valence-electron chi connectivity index (χ4n) is 2.12. The molecule has 1 unspecified atom stereocenters. The Morgan fingerprint density at radius 3 is 2.67 bits per heavy atom. The Balaban J connectivity index is 2.29. The van der Waals surface area contributed by atoms with Crippen LogP contribution in [0.25, 0.3) is 0 Å². The van der Waals surface area contributed by atoms with Crippen LogP contribution in [-0.2, 0) is 4.74 Å². The van der Waals surface area contributed by atoms with Crippen molar-refractivity contribution in [2.75, 3.05) is 19.8 Å². The molecule has 1 atom stereocenters. The van der Waals surface area contributed by atoms with Crippen molar-refractivity contribution in [2.45, 2.75) is 46.6 Å².